The number of aliphatic hydroxyl groups is 1. The molecular formula is C26H31F2N5O. The summed E-state index contributed by atoms with van der Waals surface area (Å²) in [6, 6.07) is 5.33. The third-order valence-electron chi connectivity index (χ3n) is 6.72. The Balaban J connectivity index is 1.70. The van der Waals surface area contributed by atoms with E-state index in [1.165, 1.54) is 19.3 Å². The van der Waals surface area contributed by atoms with Crippen LogP contribution in [0.15, 0.2) is 41.9 Å². The highest BCUT2D eigenvalue weighted by molar-refractivity contribution is 6.07. The van der Waals surface area contributed by atoms with E-state index in [1.807, 2.05) is 23.1 Å². The lowest BCUT2D eigenvalue weighted by molar-refractivity contribution is 0.0610. The van der Waals surface area contributed by atoms with Crippen LogP contribution >= 0.6 is 0 Å². The van der Waals surface area contributed by atoms with Gasteiger partial charge in [0.05, 0.1) is 12.4 Å². The van der Waals surface area contributed by atoms with Gasteiger partial charge in [-0.25, -0.2) is 8.78 Å². The van der Waals surface area contributed by atoms with Crippen molar-refractivity contribution in [1.29, 1.82) is 0 Å². The van der Waals surface area contributed by atoms with Crippen LogP contribution in [-0.4, -0.2) is 44.0 Å². The molecule has 4 rings (SSSR count). The van der Waals surface area contributed by atoms with E-state index in [4.69, 9.17) is 0 Å². The maximum absolute atomic E-state index is 13.9. The minimum atomic E-state index is -1.12. The number of aromatic nitrogens is 3. The summed E-state index contributed by atoms with van der Waals surface area (Å²) in [5, 5.41) is 18.7. The average Bonchev–Trinajstić information content (AvgIpc) is 3.30. The van der Waals surface area contributed by atoms with E-state index in [0.717, 1.165) is 48.9 Å². The quantitative estimate of drug-likeness (QED) is 0.381. The fraction of sp³-hybridized carbons (Fsp3) is 0.500. The van der Waals surface area contributed by atoms with Gasteiger partial charge in [0, 0.05) is 23.9 Å². The Hall–Kier alpha value is -3.05. The number of amidine groups is 1. The summed E-state index contributed by atoms with van der Waals surface area (Å²) in [7, 11) is 0. The Morgan fingerprint density at radius 1 is 1.24 bits per heavy atom. The molecule has 0 radical (unpaired) electrons. The van der Waals surface area contributed by atoms with Crippen LogP contribution in [0, 0.1) is 11.8 Å². The molecular weight excluding hydrogens is 436 g/mol. The topological polar surface area (TPSA) is 66.5 Å². The molecule has 2 aliphatic rings. The first-order chi connectivity index (χ1) is 16.4. The zero-order valence-corrected chi connectivity index (χ0v) is 19.7. The van der Waals surface area contributed by atoms with Crippen LogP contribution in [0.4, 0.5) is 20.4 Å². The van der Waals surface area contributed by atoms with Crippen molar-refractivity contribution in [2.45, 2.75) is 76.6 Å². The molecule has 0 spiro atoms. The molecule has 34 heavy (non-hydrogen) atoms. The zero-order chi connectivity index (χ0) is 24.1. The van der Waals surface area contributed by atoms with Gasteiger partial charge in [-0.1, -0.05) is 24.3 Å². The molecule has 1 N–H and O–H groups in total. The fourth-order valence-electron chi connectivity index (χ4n) is 4.60. The van der Waals surface area contributed by atoms with Crippen molar-refractivity contribution < 1.29 is 13.9 Å². The van der Waals surface area contributed by atoms with Crippen LogP contribution in [-0.2, 0) is 6.42 Å². The van der Waals surface area contributed by atoms with E-state index >= 15 is 0 Å². The van der Waals surface area contributed by atoms with Gasteiger partial charge in [-0.05, 0) is 70.1 Å². The predicted molar refractivity (Wildman–Crippen MR) is 130 cm³/mol. The number of rotatable bonds is 4. The summed E-state index contributed by atoms with van der Waals surface area (Å²) in [5.74, 6) is 6.93. The van der Waals surface area contributed by atoms with Gasteiger partial charge < -0.3 is 10.0 Å². The number of benzene rings is 1. The molecule has 1 aromatic heterocycles. The molecule has 8 heteroatoms. The molecule has 1 aliphatic carbocycles. The molecule has 2 heterocycles. The summed E-state index contributed by atoms with van der Waals surface area (Å²) < 4.78 is 28.9. The van der Waals surface area contributed by atoms with E-state index in [9.17, 15) is 13.9 Å². The number of hydrogen-bond acceptors (Lipinski definition) is 4. The van der Waals surface area contributed by atoms with Gasteiger partial charge in [-0.3, -0.25) is 4.57 Å². The van der Waals surface area contributed by atoms with E-state index in [0.29, 0.717) is 31.6 Å². The SMILES string of the molecule is CC(F)[C@@H](C)n1cnnc1/N=C(\C=C/F)N1CCCc2c(C#CC3(O)CCCCC3)cccc21. The van der Waals surface area contributed by atoms with Crippen molar-refractivity contribution >= 4 is 17.5 Å². The molecule has 0 amide bonds. The summed E-state index contributed by atoms with van der Waals surface area (Å²) in [6.07, 6.45) is 8.22. The van der Waals surface area contributed by atoms with Crippen LogP contribution in [0.2, 0.25) is 0 Å². The molecule has 6 nitrogen and oxygen atoms in total. The van der Waals surface area contributed by atoms with Crippen LogP contribution in [0.3, 0.4) is 0 Å². The largest absolute Gasteiger partial charge is 0.378 e. The van der Waals surface area contributed by atoms with Crippen molar-refractivity contribution in [2.75, 3.05) is 11.4 Å². The van der Waals surface area contributed by atoms with E-state index in [1.54, 1.807) is 11.5 Å². The van der Waals surface area contributed by atoms with E-state index in [2.05, 4.69) is 27.0 Å². The molecule has 1 unspecified atom stereocenters. The molecule has 1 saturated carbocycles. The second-order valence-corrected chi connectivity index (χ2v) is 9.12. The highest BCUT2D eigenvalue weighted by Gasteiger charge is 2.27. The monoisotopic (exact) mass is 467 g/mol. The second kappa shape index (κ2) is 10.5. The minimum absolute atomic E-state index is 0.215. The van der Waals surface area contributed by atoms with Crippen molar-refractivity contribution in [2.24, 2.45) is 4.99 Å². The van der Waals surface area contributed by atoms with Crippen LogP contribution in [0.5, 0.6) is 0 Å². The van der Waals surface area contributed by atoms with Crippen molar-refractivity contribution in [1.82, 2.24) is 14.8 Å². The van der Waals surface area contributed by atoms with E-state index in [-0.39, 0.29) is 5.95 Å². The highest BCUT2D eigenvalue weighted by atomic mass is 19.1. The Morgan fingerprint density at radius 3 is 2.76 bits per heavy atom. The number of halogens is 2. The molecule has 1 fully saturated rings. The Bertz CT molecular complexity index is 1120. The summed E-state index contributed by atoms with van der Waals surface area (Å²) in [5.41, 5.74) is 1.89. The number of aliphatic imine (C=N–C) groups is 1. The maximum atomic E-state index is 13.9. The standard InChI is InChI=1S/C26H31F2N5O/c1-19(28)20(2)33-18-29-31-25(33)30-24(12-16-27)32-17-7-9-22-21(8-6-10-23(22)32)11-15-26(34)13-4-3-5-14-26/h6,8,10,12,16,18-20,34H,3-5,7,9,13-14,17H2,1-2H3/b16-12-,30-24+/t19?,20-/m1/s1. The number of alkyl halides is 1. The molecule has 0 bridgehead atoms. The Morgan fingerprint density at radius 2 is 2.03 bits per heavy atom. The third-order valence-corrected chi connectivity index (χ3v) is 6.72. The number of nitrogens with zero attached hydrogens (tertiary/aromatic N) is 5. The molecule has 180 valence electrons. The van der Waals surface area contributed by atoms with Crippen molar-refractivity contribution in [3.63, 3.8) is 0 Å². The molecule has 2 atom stereocenters. The lowest BCUT2D eigenvalue weighted by Gasteiger charge is -2.31. The molecule has 0 saturated heterocycles. The summed E-state index contributed by atoms with van der Waals surface area (Å²) in [6.45, 7) is 3.83. The fourth-order valence-corrected chi connectivity index (χ4v) is 4.60. The van der Waals surface area contributed by atoms with Crippen LogP contribution in [0.25, 0.3) is 0 Å². The first-order valence-corrected chi connectivity index (χ1v) is 12.0. The van der Waals surface area contributed by atoms with Gasteiger partial charge in [-0.15, -0.1) is 10.2 Å². The summed E-state index contributed by atoms with van der Waals surface area (Å²) in [4.78, 5) is 6.49. The van der Waals surface area contributed by atoms with Gasteiger partial charge in [-0.2, -0.15) is 4.99 Å². The Labute approximate surface area is 199 Å². The first kappa shape index (κ1) is 24.1. The molecule has 1 aromatic carbocycles. The van der Waals surface area contributed by atoms with Gasteiger partial charge >= 0.3 is 0 Å². The van der Waals surface area contributed by atoms with Gasteiger partial charge in [0.25, 0.3) is 5.95 Å². The van der Waals surface area contributed by atoms with Gasteiger partial charge in [0.1, 0.15) is 23.9 Å². The van der Waals surface area contributed by atoms with Crippen molar-refractivity contribution in [3.8, 4) is 11.8 Å². The van der Waals surface area contributed by atoms with Crippen LogP contribution in [0.1, 0.15) is 69.5 Å². The molecule has 1 aliphatic heterocycles. The molecule has 2 aromatic rings. The van der Waals surface area contributed by atoms with Crippen molar-refractivity contribution in [3.05, 3.63) is 48.1 Å². The highest BCUT2D eigenvalue weighted by Crippen LogP contribution is 2.32. The van der Waals surface area contributed by atoms with E-state index < -0.39 is 17.8 Å². The first-order valence-electron chi connectivity index (χ1n) is 12.0. The lowest BCUT2D eigenvalue weighted by atomic mass is 9.85. The Kier molecular flexibility index (Phi) is 7.42. The maximum Gasteiger partial charge on any atom is 0.252 e. The third kappa shape index (κ3) is 5.20. The number of hydrogen-bond donors (Lipinski definition) is 1. The number of anilines is 1. The minimum Gasteiger partial charge on any atom is -0.378 e. The second-order valence-electron chi connectivity index (χ2n) is 9.12. The smallest absolute Gasteiger partial charge is 0.252 e. The average molecular weight is 468 g/mol. The van der Waals surface area contributed by atoms with Gasteiger partial charge in [0.2, 0.25) is 0 Å². The zero-order valence-electron chi connectivity index (χ0n) is 19.7. The normalized spacial score (nSPS) is 19.9. The van der Waals surface area contributed by atoms with Crippen LogP contribution < -0.4 is 4.90 Å². The lowest BCUT2D eigenvalue weighted by Crippen LogP contribution is -2.35. The number of fused-ring (bicyclic) bond motifs is 1. The predicted octanol–water partition coefficient (Wildman–Crippen LogP) is 5.21. The summed E-state index contributed by atoms with van der Waals surface area (Å²) >= 11 is 0. The van der Waals surface area contributed by atoms with Gasteiger partial charge in [0.15, 0.2) is 0 Å².